The van der Waals surface area contributed by atoms with Crippen molar-refractivity contribution in [3.63, 3.8) is 0 Å². The van der Waals surface area contributed by atoms with Crippen molar-refractivity contribution in [2.45, 2.75) is 40.5 Å². The Bertz CT molecular complexity index is 776. The Morgan fingerprint density at radius 2 is 1.78 bits per heavy atom. The van der Waals surface area contributed by atoms with E-state index in [1.165, 1.54) is 0 Å². The van der Waals surface area contributed by atoms with Crippen molar-refractivity contribution < 1.29 is 19.0 Å². The number of nitrogens with one attached hydrogen (secondary N) is 1. The van der Waals surface area contributed by atoms with Gasteiger partial charge in [-0.25, -0.2) is 0 Å². The van der Waals surface area contributed by atoms with Crippen LogP contribution in [-0.4, -0.2) is 26.2 Å². The molecule has 0 amide bonds. The second-order valence-corrected chi connectivity index (χ2v) is 6.76. The number of carbonyl (C=O) groups excluding carboxylic acids is 1. The molecule has 0 unspecified atom stereocenters. The van der Waals surface area contributed by atoms with Gasteiger partial charge in [0.2, 0.25) is 0 Å². The largest absolute Gasteiger partial charge is 0.497 e. The molecule has 0 saturated heterocycles. The Morgan fingerprint density at radius 3 is 2.33 bits per heavy atom. The van der Waals surface area contributed by atoms with Crippen molar-refractivity contribution in [3.05, 3.63) is 47.0 Å². The van der Waals surface area contributed by atoms with Gasteiger partial charge in [0.15, 0.2) is 0 Å². The third-order valence-electron chi connectivity index (χ3n) is 4.25. The predicted octanol–water partition coefficient (Wildman–Crippen LogP) is 5.20. The van der Waals surface area contributed by atoms with Crippen LogP contribution in [-0.2, 0) is 9.53 Å². The van der Waals surface area contributed by atoms with Gasteiger partial charge in [-0.1, -0.05) is 13.8 Å². The van der Waals surface area contributed by atoms with E-state index in [1.54, 1.807) is 14.0 Å². The zero-order chi connectivity index (χ0) is 20.0. The van der Waals surface area contributed by atoms with E-state index in [1.807, 2.05) is 44.2 Å². The maximum atomic E-state index is 11.5. The normalized spacial score (nSPS) is 10.6. The lowest BCUT2D eigenvalue weighted by molar-refractivity contribution is -0.140. The molecular weight excluding hydrogens is 342 g/mol. The van der Waals surface area contributed by atoms with E-state index in [0.29, 0.717) is 12.5 Å². The van der Waals surface area contributed by atoms with Crippen molar-refractivity contribution in [2.75, 3.05) is 25.6 Å². The predicted molar refractivity (Wildman–Crippen MR) is 108 cm³/mol. The highest BCUT2D eigenvalue weighted by molar-refractivity contribution is 5.75. The molecule has 0 aromatic heterocycles. The standard InChI is InChI=1S/C22H29NO4/c1-7-26-21(24)13-23-17-10-15(4)22(16(5)11-17)27-20-9-8-18(25-6)12-19(20)14(2)3/h8-12,14,23H,7,13H2,1-6H3. The number of methoxy groups -OCH3 is 1. The van der Waals surface area contributed by atoms with Crippen LogP contribution in [0.25, 0.3) is 0 Å². The van der Waals surface area contributed by atoms with Gasteiger partial charge in [0.25, 0.3) is 0 Å². The molecule has 0 spiro atoms. The maximum Gasteiger partial charge on any atom is 0.325 e. The minimum atomic E-state index is -0.270. The van der Waals surface area contributed by atoms with Gasteiger partial charge < -0.3 is 19.5 Å². The molecule has 27 heavy (non-hydrogen) atoms. The number of aryl methyl sites for hydroxylation is 2. The number of hydrogen-bond donors (Lipinski definition) is 1. The zero-order valence-electron chi connectivity index (χ0n) is 17.0. The molecule has 0 aliphatic rings. The summed E-state index contributed by atoms with van der Waals surface area (Å²) in [6, 6.07) is 9.81. The fraction of sp³-hybridized carbons (Fsp3) is 0.409. The molecule has 0 saturated carbocycles. The molecule has 1 N–H and O–H groups in total. The van der Waals surface area contributed by atoms with Crippen molar-refractivity contribution >= 4 is 11.7 Å². The van der Waals surface area contributed by atoms with Gasteiger partial charge in [-0.3, -0.25) is 4.79 Å². The molecule has 0 atom stereocenters. The fourth-order valence-corrected chi connectivity index (χ4v) is 2.91. The van der Waals surface area contributed by atoms with Crippen LogP contribution in [0.5, 0.6) is 17.2 Å². The first-order chi connectivity index (χ1) is 12.8. The third kappa shape index (κ3) is 5.39. The van der Waals surface area contributed by atoms with Crippen molar-refractivity contribution in [2.24, 2.45) is 0 Å². The zero-order valence-corrected chi connectivity index (χ0v) is 17.0. The molecule has 2 aromatic carbocycles. The number of carbonyl (C=O) groups is 1. The van der Waals surface area contributed by atoms with E-state index in [-0.39, 0.29) is 12.5 Å². The van der Waals surface area contributed by atoms with Crippen LogP contribution in [0.4, 0.5) is 5.69 Å². The molecule has 5 heteroatoms. The minimum Gasteiger partial charge on any atom is -0.497 e. The van der Waals surface area contributed by atoms with Crippen LogP contribution in [0.1, 0.15) is 43.4 Å². The van der Waals surface area contributed by atoms with Crippen LogP contribution in [0.15, 0.2) is 30.3 Å². The first-order valence-corrected chi connectivity index (χ1v) is 9.22. The van der Waals surface area contributed by atoms with E-state index >= 15 is 0 Å². The highest BCUT2D eigenvalue weighted by atomic mass is 16.5. The highest BCUT2D eigenvalue weighted by Crippen LogP contribution is 2.37. The summed E-state index contributed by atoms with van der Waals surface area (Å²) in [7, 11) is 1.66. The van der Waals surface area contributed by atoms with E-state index in [0.717, 1.165) is 39.6 Å². The molecule has 0 heterocycles. The van der Waals surface area contributed by atoms with Gasteiger partial charge in [0.05, 0.1) is 13.7 Å². The summed E-state index contributed by atoms with van der Waals surface area (Å²) in [5.74, 6) is 2.50. The Kier molecular flexibility index (Phi) is 7.11. The second-order valence-electron chi connectivity index (χ2n) is 6.76. The lowest BCUT2D eigenvalue weighted by Crippen LogP contribution is -2.16. The lowest BCUT2D eigenvalue weighted by Gasteiger charge is -2.18. The number of ether oxygens (including phenoxy) is 3. The average molecular weight is 371 g/mol. The van der Waals surface area contributed by atoms with Gasteiger partial charge >= 0.3 is 5.97 Å². The number of benzene rings is 2. The van der Waals surface area contributed by atoms with E-state index in [9.17, 15) is 4.79 Å². The first kappa shape index (κ1) is 20.6. The van der Waals surface area contributed by atoms with Gasteiger partial charge in [-0.05, 0) is 68.1 Å². The summed E-state index contributed by atoms with van der Waals surface area (Å²) in [4.78, 5) is 11.5. The minimum absolute atomic E-state index is 0.142. The topological polar surface area (TPSA) is 56.8 Å². The molecule has 0 radical (unpaired) electrons. The summed E-state index contributed by atoms with van der Waals surface area (Å²) in [5.41, 5.74) is 3.95. The number of esters is 1. The first-order valence-electron chi connectivity index (χ1n) is 9.22. The molecule has 0 aliphatic carbocycles. The number of hydrogen-bond acceptors (Lipinski definition) is 5. The molecule has 5 nitrogen and oxygen atoms in total. The highest BCUT2D eigenvalue weighted by Gasteiger charge is 2.14. The van der Waals surface area contributed by atoms with E-state index in [4.69, 9.17) is 14.2 Å². The van der Waals surface area contributed by atoms with Crippen molar-refractivity contribution in [1.29, 1.82) is 0 Å². The molecule has 0 fully saturated rings. The van der Waals surface area contributed by atoms with Crippen LogP contribution >= 0.6 is 0 Å². The molecule has 146 valence electrons. The van der Waals surface area contributed by atoms with Gasteiger partial charge in [-0.15, -0.1) is 0 Å². The van der Waals surface area contributed by atoms with Crippen molar-refractivity contribution in [1.82, 2.24) is 0 Å². The molecular formula is C22H29NO4. The fourth-order valence-electron chi connectivity index (χ4n) is 2.91. The van der Waals surface area contributed by atoms with Crippen LogP contribution in [0, 0.1) is 13.8 Å². The monoisotopic (exact) mass is 371 g/mol. The summed E-state index contributed by atoms with van der Waals surface area (Å²) in [5, 5.41) is 3.10. The second kappa shape index (κ2) is 9.31. The third-order valence-corrected chi connectivity index (χ3v) is 4.25. The Hall–Kier alpha value is -2.69. The quantitative estimate of drug-likeness (QED) is 0.646. The summed E-state index contributed by atoms with van der Waals surface area (Å²) in [6.45, 7) is 10.6. The molecule has 2 aromatic rings. The lowest BCUT2D eigenvalue weighted by atomic mass is 10.0. The average Bonchev–Trinajstić information content (AvgIpc) is 2.63. The summed E-state index contributed by atoms with van der Waals surface area (Å²) in [6.07, 6.45) is 0. The molecule has 2 rings (SSSR count). The molecule has 0 bridgehead atoms. The van der Waals surface area contributed by atoms with E-state index in [2.05, 4.69) is 19.2 Å². The Morgan fingerprint density at radius 1 is 1.11 bits per heavy atom. The van der Waals surface area contributed by atoms with E-state index < -0.39 is 0 Å². The molecule has 0 aliphatic heterocycles. The van der Waals surface area contributed by atoms with Gasteiger partial charge in [0.1, 0.15) is 23.8 Å². The van der Waals surface area contributed by atoms with Gasteiger partial charge in [0, 0.05) is 11.3 Å². The summed E-state index contributed by atoms with van der Waals surface area (Å²) < 4.78 is 16.6. The van der Waals surface area contributed by atoms with Crippen molar-refractivity contribution in [3.8, 4) is 17.2 Å². The van der Waals surface area contributed by atoms with Gasteiger partial charge in [-0.2, -0.15) is 0 Å². The van der Waals surface area contributed by atoms with Crippen LogP contribution in [0.2, 0.25) is 0 Å². The SMILES string of the molecule is CCOC(=O)CNc1cc(C)c(Oc2ccc(OC)cc2C(C)C)c(C)c1. The smallest absolute Gasteiger partial charge is 0.325 e. The Labute approximate surface area is 161 Å². The number of rotatable bonds is 8. The number of anilines is 1. The maximum absolute atomic E-state index is 11.5. The van der Waals surface area contributed by atoms with Crippen LogP contribution in [0.3, 0.4) is 0 Å². The Balaban J connectivity index is 2.24. The summed E-state index contributed by atoms with van der Waals surface area (Å²) >= 11 is 0. The van der Waals surface area contributed by atoms with Crippen LogP contribution < -0.4 is 14.8 Å².